The first-order chi connectivity index (χ1) is 16.6. The number of carbonyl (C=O) groups is 1. The van der Waals surface area contributed by atoms with Crippen LogP contribution in [0.2, 0.25) is 5.02 Å². The lowest BCUT2D eigenvalue weighted by Crippen LogP contribution is -2.49. The molecule has 0 unspecified atom stereocenters. The van der Waals surface area contributed by atoms with Crippen LogP contribution in [-0.4, -0.2) is 48.5 Å². The first-order valence-electron chi connectivity index (χ1n) is 11.2. The van der Waals surface area contributed by atoms with Gasteiger partial charge in [0.15, 0.2) is 0 Å². The second-order valence-corrected chi connectivity index (χ2v) is 8.50. The second-order valence-electron chi connectivity index (χ2n) is 8.09. The van der Waals surface area contributed by atoms with Crippen LogP contribution >= 0.6 is 11.6 Å². The zero-order chi connectivity index (χ0) is 23.8. The molecule has 0 spiro atoms. The summed E-state index contributed by atoms with van der Waals surface area (Å²) in [7, 11) is 0. The van der Waals surface area contributed by atoms with Crippen molar-refractivity contribution >= 4 is 17.5 Å². The quantitative estimate of drug-likeness (QED) is 0.462. The van der Waals surface area contributed by atoms with Gasteiger partial charge in [-0.1, -0.05) is 60.1 Å². The summed E-state index contributed by atoms with van der Waals surface area (Å²) >= 11 is 6.13. The number of piperazine rings is 1. The van der Waals surface area contributed by atoms with E-state index in [-0.39, 0.29) is 30.3 Å². The third-order valence-corrected chi connectivity index (χ3v) is 6.00. The van der Waals surface area contributed by atoms with Crippen LogP contribution in [0.4, 0.5) is 0 Å². The normalized spacial score (nSPS) is 14.2. The summed E-state index contributed by atoms with van der Waals surface area (Å²) in [5.41, 5.74) is 1.60. The lowest BCUT2D eigenvalue weighted by atomic mass is 10.2. The molecule has 2 aromatic carbocycles. The summed E-state index contributed by atoms with van der Waals surface area (Å²) in [4.78, 5) is 28.8. The smallest absolute Gasteiger partial charge is 0.248 e. The van der Waals surface area contributed by atoms with Crippen LogP contribution in [-0.2, 0) is 29.3 Å². The molecule has 4 rings (SSSR count). The van der Waals surface area contributed by atoms with Crippen LogP contribution in [0.1, 0.15) is 16.9 Å². The zero-order valence-corrected chi connectivity index (χ0v) is 19.6. The van der Waals surface area contributed by atoms with Crippen molar-refractivity contribution in [3.63, 3.8) is 0 Å². The molecular formula is C26H27ClN2O5. The lowest BCUT2D eigenvalue weighted by molar-refractivity contribution is -0.138. The molecule has 0 N–H and O–H groups in total. The molecule has 0 radical (unpaired) electrons. The SMILES string of the molecule is O=C(COCc1ccccc1)N1CCN(Cc2cc(=O)c(OCc3ccccc3Cl)co2)CC1. The Kier molecular flexibility index (Phi) is 8.36. The number of amides is 1. The second kappa shape index (κ2) is 11.8. The molecule has 3 aromatic rings. The first kappa shape index (κ1) is 24.0. The van der Waals surface area contributed by atoms with E-state index in [9.17, 15) is 9.59 Å². The summed E-state index contributed by atoms with van der Waals surface area (Å²) < 4.78 is 16.8. The van der Waals surface area contributed by atoms with Crippen molar-refractivity contribution in [2.45, 2.75) is 19.8 Å². The Morgan fingerprint density at radius 2 is 1.71 bits per heavy atom. The average molecular weight is 483 g/mol. The van der Waals surface area contributed by atoms with E-state index in [2.05, 4.69) is 4.90 Å². The Morgan fingerprint density at radius 1 is 0.971 bits per heavy atom. The van der Waals surface area contributed by atoms with Gasteiger partial charge in [-0.3, -0.25) is 14.5 Å². The summed E-state index contributed by atoms with van der Waals surface area (Å²) in [6.45, 7) is 3.77. The highest BCUT2D eigenvalue weighted by atomic mass is 35.5. The van der Waals surface area contributed by atoms with Gasteiger partial charge in [-0.05, 0) is 11.6 Å². The van der Waals surface area contributed by atoms with Gasteiger partial charge in [0.05, 0.1) is 13.2 Å². The zero-order valence-electron chi connectivity index (χ0n) is 18.8. The molecule has 2 heterocycles. The molecule has 1 amide bonds. The van der Waals surface area contributed by atoms with Gasteiger partial charge in [0.2, 0.25) is 17.1 Å². The standard InChI is InChI=1S/C26H27ClN2O5/c27-23-9-5-4-8-21(23)17-34-25-18-33-22(14-24(25)30)15-28-10-12-29(13-11-28)26(31)19-32-16-20-6-2-1-3-7-20/h1-9,14,18H,10-13,15-17,19H2. The van der Waals surface area contributed by atoms with Crippen molar-refractivity contribution in [3.8, 4) is 5.75 Å². The van der Waals surface area contributed by atoms with Crippen LogP contribution in [0.15, 0.2) is 76.1 Å². The van der Waals surface area contributed by atoms with E-state index in [0.29, 0.717) is 50.1 Å². The lowest BCUT2D eigenvalue weighted by Gasteiger charge is -2.34. The van der Waals surface area contributed by atoms with Crippen molar-refractivity contribution in [3.05, 3.63) is 99.1 Å². The van der Waals surface area contributed by atoms with E-state index in [1.807, 2.05) is 53.4 Å². The summed E-state index contributed by atoms with van der Waals surface area (Å²) in [6.07, 6.45) is 1.35. The molecule has 1 aromatic heterocycles. The average Bonchev–Trinajstić information content (AvgIpc) is 2.85. The highest BCUT2D eigenvalue weighted by molar-refractivity contribution is 6.31. The molecule has 1 aliphatic heterocycles. The number of hydrogen-bond donors (Lipinski definition) is 0. The van der Waals surface area contributed by atoms with E-state index in [0.717, 1.165) is 11.1 Å². The van der Waals surface area contributed by atoms with Gasteiger partial charge in [0.1, 0.15) is 25.2 Å². The Bertz CT molecular complexity index is 1140. The molecule has 1 fully saturated rings. The van der Waals surface area contributed by atoms with Gasteiger partial charge in [-0.2, -0.15) is 0 Å². The maximum absolute atomic E-state index is 12.4. The highest BCUT2D eigenvalue weighted by Gasteiger charge is 2.22. The molecule has 1 saturated heterocycles. The highest BCUT2D eigenvalue weighted by Crippen LogP contribution is 2.17. The van der Waals surface area contributed by atoms with Crippen LogP contribution in [0.25, 0.3) is 0 Å². The predicted molar refractivity (Wildman–Crippen MR) is 129 cm³/mol. The fraction of sp³-hybridized carbons (Fsp3) is 0.308. The number of nitrogens with zero attached hydrogens (tertiary/aromatic N) is 2. The third-order valence-electron chi connectivity index (χ3n) is 5.63. The summed E-state index contributed by atoms with van der Waals surface area (Å²) in [5.74, 6) is 0.692. The number of ether oxygens (including phenoxy) is 2. The van der Waals surface area contributed by atoms with Gasteiger partial charge in [-0.15, -0.1) is 0 Å². The van der Waals surface area contributed by atoms with Gasteiger partial charge in [0, 0.05) is 42.8 Å². The van der Waals surface area contributed by atoms with Crippen molar-refractivity contribution in [2.24, 2.45) is 0 Å². The van der Waals surface area contributed by atoms with Crippen LogP contribution in [0, 0.1) is 0 Å². The van der Waals surface area contributed by atoms with Gasteiger partial charge in [0.25, 0.3) is 0 Å². The molecule has 0 saturated carbocycles. The number of hydrogen-bond acceptors (Lipinski definition) is 6. The van der Waals surface area contributed by atoms with Crippen molar-refractivity contribution in [1.29, 1.82) is 0 Å². The predicted octanol–water partition coefficient (Wildman–Crippen LogP) is 3.73. The maximum Gasteiger partial charge on any atom is 0.248 e. The number of benzene rings is 2. The monoisotopic (exact) mass is 482 g/mol. The number of carbonyl (C=O) groups excluding carboxylic acids is 1. The fourth-order valence-electron chi connectivity index (χ4n) is 3.70. The Hall–Kier alpha value is -3.13. The Labute approximate surface area is 203 Å². The van der Waals surface area contributed by atoms with E-state index in [4.69, 9.17) is 25.5 Å². The van der Waals surface area contributed by atoms with E-state index in [1.54, 1.807) is 6.07 Å². The molecule has 7 nitrogen and oxygen atoms in total. The largest absolute Gasteiger partial charge is 0.482 e. The van der Waals surface area contributed by atoms with Gasteiger partial charge in [-0.25, -0.2) is 0 Å². The van der Waals surface area contributed by atoms with E-state index < -0.39 is 0 Å². The van der Waals surface area contributed by atoms with Crippen molar-refractivity contribution < 1.29 is 18.7 Å². The molecular weight excluding hydrogens is 456 g/mol. The third kappa shape index (κ3) is 6.70. The van der Waals surface area contributed by atoms with Crippen molar-refractivity contribution in [1.82, 2.24) is 9.80 Å². The molecule has 8 heteroatoms. The molecule has 1 aliphatic rings. The summed E-state index contributed by atoms with van der Waals surface area (Å²) in [5, 5.41) is 0.587. The van der Waals surface area contributed by atoms with Crippen LogP contribution in [0.3, 0.4) is 0 Å². The van der Waals surface area contributed by atoms with Crippen LogP contribution in [0.5, 0.6) is 5.75 Å². The molecule has 178 valence electrons. The van der Waals surface area contributed by atoms with Gasteiger partial charge >= 0.3 is 0 Å². The molecule has 34 heavy (non-hydrogen) atoms. The number of halogens is 1. The first-order valence-corrected chi connectivity index (χ1v) is 11.6. The van der Waals surface area contributed by atoms with Gasteiger partial charge < -0.3 is 18.8 Å². The molecule has 0 aliphatic carbocycles. The number of rotatable bonds is 9. The minimum atomic E-state index is -0.238. The van der Waals surface area contributed by atoms with E-state index in [1.165, 1.54) is 12.3 Å². The van der Waals surface area contributed by atoms with Crippen LogP contribution < -0.4 is 10.2 Å². The summed E-state index contributed by atoms with van der Waals surface area (Å²) in [6, 6.07) is 18.6. The Morgan fingerprint density at radius 3 is 2.44 bits per heavy atom. The molecule has 0 atom stereocenters. The Balaban J connectivity index is 1.20. The minimum absolute atomic E-state index is 0.0119. The minimum Gasteiger partial charge on any atom is -0.482 e. The molecule has 0 bridgehead atoms. The topological polar surface area (TPSA) is 72.2 Å². The van der Waals surface area contributed by atoms with Crippen molar-refractivity contribution in [2.75, 3.05) is 32.8 Å². The maximum atomic E-state index is 12.4. The fourth-order valence-corrected chi connectivity index (χ4v) is 3.89. The van der Waals surface area contributed by atoms with E-state index >= 15 is 0 Å².